The lowest BCUT2D eigenvalue weighted by atomic mass is 9.40. The van der Waals surface area contributed by atoms with E-state index in [1.165, 1.54) is 17.2 Å². The van der Waals surface area contributed by atoms with Gasteiger partial charge in [0.1, 0.15) is 18.0 Å². The molecule has 8 N–H and O–H groups in total. The van der Waals surface area contributed by atoms with Gasteiger partial charge < -0.3 is 55.2 Å². The molecule has 4 saturated carbocycles. The lowest BCUT2D eigenvalue weighted by Crippen LogP contribution is -2.78. The van der Waals surface area contributed by atoms with Gasteiger partial charge in [-0.05, 0) is 144 Å². The largest absolute Gasteiger partial charge is 0.508 e. The number of H-pyrrole nitrogens is 1. The van der Waals surface area contributed by atoms with Crippen molar-refractivity contribution in [2.75, 3.05) is 18.6 Å². The number of benzene rings is 4. The molecule has 7 fully saturated rings. The zero-order valence-corrected chi connectivity index (χ0v) is 38.7. The predicted molar refractivity (Wildman–Crippen MR) is 254 cm³/mol. The number of carbonyl (C=O) groups is 1. The summed E-state index contributed by atoms with van der Waals surface area (Å²) in [5, 5.41) is 81.6. The average Bonchev–Trinajstić information content (AvgIpc) is 4.12. The number of aliphatic hydroxyl groups is 5. The normalized spacial score (nSPS) is 44.3. The molecule has 18 unspecified atom stereocenters. The molecule has 6 aliphatic carbocycles. The molecule has 12 nitrogen and oxygen atoms in total. The van der Waals surface area contributed by atoms with Crippen molar-refractivity contribution >= 4 is 60.0 Å². The third kappa shape index (κ3) is 5.08. The molecule has 10 aliphatic rings. The molecule has 2 spiro atoms. The van der Waals surface area contributed by atoms with Crippen LogP contribution in [0, 0.1) is 46.8 Å². The number of hydrogen-bond acceptors (Lipinski definition) is 13. The predicted octanol–water partition coefficient (Wildman–Crippen LogP) is 6.17. The first-order chi connectivity index (χ1) is 32.5. The molecule has 3 saturated heterocycles. The number of phenols is 1. The summed E-state index contributed by atoms with van der Waals surface area (Å²) in [7, 11) is 5.67. The summed E-state index contributed by atoms with van der Waals surface area (Å²) < 4.78 is 20.4. The maximum atomic E-state index is 15.2. The topological polar surface area (TPSA) is 194 Å². The average molecular weight is 945 g/mol. The van der Waals surface area contributed by atoms with Gasteiger partial charge in [-0.2, -0.15) is 0 Å². The summed E-state index contributed by atoms with van der Waals surface area (Å²) >= 11 is 0. The number of aromatic hydroxyl groups is 1. The number of aromatic amines is 1. The van der Waals surface area contributed by atoms with E-state index >= 15 is 4.79 Å². The van der Waals surface area contributed by atoms with Crippen molar-refractivity contribution in [2.24, 2.45) is 46.8 Å². The Morgan fingerprint density at radius 1 is 0.910 bits per heavy atom. The van der Waals surface area contributed by atoms with Crippen LogP contribution in [0.1, 0.15) is 61.3 Å². The number of ether oxygens (including phenoxy) is 3. The van der Waals surface area contributed by atoms with Crippen LogP contribution in [0.15, 0.2) is 78.9 Å². The SMILES string of the molecule is CNC1CSSCC2c3cc(O)ccc3C34C(CCC35C(O)C1CC1C3C=CC(O)C6(O)OC(C(=O)Oc7c(CO)[nH]c8ccc9cc%10ccccc%10cc9c78)C(OC15)C36O)CC1CCC2C14. The lowest BCUT2D eigenvalue weighted by molar-refractivity contribution is -0.351. The molecule has 67 heavy (non-hydrogen) atoms. The van der Waals surface area contributed by atoms with Gasteiger partial charge in [-0.25, -0.2) is 4.79 Å². The van der Waals surface area contributed by atoms with E-state index in [4.69, 9.17) is 14.2 Å². The summed E-state index contributed by atoms with van der Waals surface area (Å²) in [6.45, 7) is -0.473. The fourth-order valence-corrected chi connectivity index (χ4v) is 20.1. The summed E-state index contributed by atoms with van der Waals surface area (Å²) in [4.78, 5) is 18.5. The molecular weight excluding hydrogens is 889 g/mol. The number of aromatic nitrogens is 1. The highest BCUT2D eigenvalue weighted by Gasteiger charge is 2.84. The third-order valence-corrected chi connectivity index (χ3v) is 22.0. The van der Waals surface area contributed by atoms with Crippen molar-refractivity contribution in [3.63, 3.8) is 0 Å². The van der Waals surface area contributed by atoms with Crippen LogP contribution in [0.4, 0.5) is 0 Å². The monoisotopic (exact) mass is 944 g/mol. The molecule has 0 radical (unpaired) electrons. The molecule has 0 amide bonds. The zero-order chi connectivity index (χ0) is 45.5. The zero-order valence-electron chi connectivity index (χ0n) is 37.1. The van der Waals surface area contributed by atoms with Gasteiger partial charge in [0.25, 0.3) is 0 Å². The van der Waals surface area contributed by atoms with E-state index in [1.807, 2.05) is 83.2 Å². The van der Waals surface area contributed by atoms with Gasteiger partial charge >= 0.3 is 5.97 Å². The Morgan fingerprint density at radius 3 is 2.55 bits per heavy atom. The van der Waals surface area contributed by atoms with Crippen LogP contribution in [-0.2, 0) is 26.3 Å². The van der Waals surface area contributed by atoms with Gasteiger partial charge in [-0.3, -0.25) is 0 Å². The quantitative estimate of drug-likeness (QED) is 0.0442. The Hall–Kier alpha value is -3.67. The molecule has 1 aromatic heterocycles. The van der Waals surface area contributed by atoms with Crippen LogP contribution < -0.4 is 10.1 Å². The van der Waals surface area contributed by atoms with E-state index in [2.05, 4.69) is 22.4 Å². The van der Waals surface area contributed by atoms with Crippen molar-refractivity contribution in [3.05, 3.63) is 95.7 Å². The third-order valence-electron chi connectivity index (χ3n) is 19.5. The van der Waals surface area contributed by atoms with Crippen molar-refractivity contribution in [1.29, 1.82) is 0 Å². The Balaban J connectivity index is 0.949. The van der Waals surface area contributed by atoms with E-state index in [0.717, 1.165) is 58.7 Å². The Kier molecular flexibility index (Phi) is 9.11. The van der Waals surface area contributed by atoms with Crippen LogP contribution in [0.2, 0.25) is 0 Å². The summed E-state index contributed by atoms with van der Waals surface area (Å²) in [5.74, 6) is -1.63. The second-order valence-electron chi connectivity index (χ2n) is 21.6. The van der Waals surface area contributed by atoms with E-state index in [-0.39, 0.29) is 46.9 Å². The minimum absolute atomic E-state index is 0.0903. The minimum Gasteiger partial charge on any atom is -0.508 e. The first-order valence-corrected chi connectivity index (χ1v) is 26.8. The van der Waals surface area contributed by atoms with Crippen molar-refractivity contribution in [3.8, 4) is 11.5 Å². The molecular formula is C53H56N2O10S2. The maximum absolute atomic E-state index is 15.2. The van der Waals surface area contributed by atoms with Gasteiger partial charge in [0, 0.05) is 40.2 Å². The van der Waals surface area contributed by atoms with E-state index in [9.17, 15) is 30.6 Å². The number of phenolic OH excluding ortho intramolecular Hbond substituents is 1. The van der Waals surface area contributed by atoms with Crippen molar-refractivity contribution < 1.29 is 49.6 Å². The van der Waals surface area contributed by atoms with E-state index in [1.54, 1.807) is 6.08 Å². The molecule has 18 atom stereocenters. The Labute approximate surface area is 395 Å². The number of nitrogens with one attached hydrogen (secondary N) is 2. The van der Waals surface area contributed by atoms with E-state index in [0.29, 0.717) is 35.6 Å². The van der Waals surface area contributed by atoms with Crippen LogP contribution in [0.3, 0.4) is 0 Å². The molecule has 5 aromatic rings. The number of fused-ring (bicyclic) bond motifs is 10. The summed E-state index contributed by atoms with van der Waals surface area (Å²) in [6.07, 6.45) is 2.01. The van der Waals surface area contributed by atoms with Crippen LogP contribution in [0.5, 0.6) is 11.5 Å². The molecule has 5 heterocycles. The molecule has 4 aromatic carbocycles. The van der Waals surface area contributed by atoms with Crippen LogP contribution >= 0.6 is 21.6 Å². The van der Waals surface area contributed by atoms with Crippen molar-refractivity contribution in [1.82, 2.24) is 10.3 Å². The molecule has 4 aliphatic heterocycles. The van der Waals surface area contributed by atoms with Gasteiger partial charge in [0.2, 0.25) is 5.79 Å². The number of aliphatic hydroxyl groups excluding tert-OH is 3. The molecule has 350 valence electrons. The lowest BCUT2D eigenvalue weighted by Gasteiger charge is -2.68. The standard InChI is InChI=1S/C53H56N2O10S2/c1-54-40-23-67-66-22-35-30-9-6-27-17-28-14-15-50(51(28,43(27)30)36-10-8-29(57)19-32(35)36)46(59)34(40)20-33-37-11-13-41(58)53(62)52(37,61)48(64-47(33)50)45(65-53)49(60)63-44-39(21-56)55-38-12-7-26-16-24-4-2-3-5-25(24)18-31(26)42(38)44/h2-5,7-8,10-13,16,18-19,27-28,30,33-35,37,40-41,43,45-48,54-59,61-62H,6,9,14-15,17,20-23H2,1H3. The van der Waals surface area contributed by atoms with Crippen molar-refractivity contribution in [2.45, 2.75) is 104 Å². The second kappa shape index (κ2) is 14.5. The molecule has 4 bridgehead atoms. The highest BCUT2D eigenvalue weighted by molar-refractivity contribution is 8.76. The maximum Gasteiger partial charge on any atom is 0.343 e. The first-order valence-electron chi connectivity index (χ1n) is 24.3. The smallest absolute Gasteiger partial charge is 0.343 e. The number of rotatable bonds is 4. The van der Waals surface area contributed by atoms with Gasteiger partial charge in [-0.15, -0.1) is 0 Å². The van der Waals surface area contributed by atoms with Gasteiger partial charge in [0.05, 0.1) is 35.4 Å². The number of carbonyl (C=O) groups excluding carboxylic acids is 1. The fourth-order valence-electron chi connectivity index (χ4n) is 17.3. The highest BCUT2D eigenvalue weighted by Crippen LogP contribution is 2.81. The number of esters is 1. The molecule has 14 heteroatoms. The first kappa shape index (κ1) is 42.2. The summed E-state index contributed by atoms with van der Waals surface area (Å²) in [6, 6.07) is 21.8. The van der Waals surface area contributed by atoms with Crippen LogP contribution in [-0.4, -0.2) is 108 Å². The second-order valence-corrected chi connectivity index (χ2v) is 24.1. The van der Waals surface area contributed by atoms with Gasteiger partial charge in [-0.1, -0.05) is 70.1 Å². The number of hydrogen-bond donors (Lipinski definition) is 8. The Morgan fingerprint density at radius 2 is 1.73 bits per heavy atom. The molecule has 15 rings (SSSR count). The summed E-state index contributed by atoms with van der Waals surface area (Å²) in [5.41, 5.74) is -0.457. The highest BCUT2D eigenvalue weighted by atomic mass is 33.1. The van der Waals surface area contributed by atoms with Crippen LogP contribution in [0.25, 0.3) is 32.4 Å². The fraction of sp³-hybridized carbons (Fsp3) is 0.528. The minimum atomic E-state index is -2.65. The Bertz CT molecular complexity index is 2950. The van der Waals surface area contributed by atoms with E-state index < -0.39 is 77.1 Å². The van der Waals surface area contributed by atoms with Gasteiger partial charge in [0.15, 0.2) is 17.5 Å².